The molecule has 1 atom stereocenters. The van der Waals surface area contributed by atoms with Crippen LogP contribution in [0.4, 0.5) is 10.1 Å². The van der Waals surface area contributed by atoms with Gasteiger partial charge in [-0.15, -0.1) is 0 Å². The Kier molecular flexibility index (Phi) is 4.40. The van der Waals surface area contributed by atoms with E-state index in [0.717, 1.165) is 0 Å². The first-order chi connectivity index (χ1) is 9.90. The number of benzene rings is 2. The van der Waals surface area contributed by atoms with Gasteiger partial charge in [0.1, 0.15) is 10.8 Å². The van der Waals surface area contributed by atoms with E-state index >= 15 is 0 Å². The first-order valence-electron chi connectivity index (χ1n) is 5.98. The highest BCUT2D eigenvalue weighted by molar-refractivity contribution is 6.32. The van der Waals surface area contributed by atoms with E-state index in [-0.39, 0.29) is 27.8 Å². The fraction of sp³-hybridized carbons (Fsp3) is 0.143. The molecule has 1 N–H and O–H groups in total. The molecular weight excluding hydrogens is 301 g/mol. The fourth-order valence-electron chi connectivity index (χ4n) is 1.78. The van der Waals surface area contributed by atoms with Crippen molar-refractivity contribution in [1.82, 2.24) is 0 Å². The molecule has 0 unspecified atom stereocenters. The van der Waals surface area contributed by atoms with E-state index in [9.17, 15) is 19.6 Å². The summed E-state index contributed by atoms with van der Waals surface area (Å²) in [5.74, 6) is -0.655. The van der Waals surface area contributed by atoms with Crippen LogP contribution in [0.3, 0.4) is 0 Å². The van der Waals surface area contributed by atoms with Crippen molar-refractivity contribution in [2.24, 2.45) is 0 Å². The molecule has 21 heavy (non-hydrogen) atoms. The van der Waals surface area contributed by atoms with Gasteiger partial charge >= 0.3 is 0 Å². The second-order valence-corrected chi connectivity index (χ2v) is 4.71. The maximum absolute atomic E-state index is 13.8. The average Bonchev–Trinajstić information content (AvgIpc) is 2.40. The molecule has 5 nitrogen and oxygen atoms in total. The molecule has 0 heterocycles. The standard InChI is InChI=1S/C14H11ClFNO4/c1-8(18)10-3-2-4-12(16)14(10)21-9-5-6-13(17(19)20)11(15)7-9/h2-8,18H,1H3/t8-/m1/s1. The van der Waals surface area contributed by atoms with Crippen molar-refractivity contribution >= 4 is 17.3 Å². The lowest BCUT2D eigenvalue weighted by Gasteiger charge is -2.14. The van der Waals surface area contributed by atoms with Gasteiger partial charge in [-0.2, -0.15) is 0 Å². The predicted octanol–water partition coefficient (Wildman–Crippen LogP) is 4.23. The molecule has 0 aliphatic heterocycles. The third-order valence-corrected chi connectivity index (χ3v) is 3.09. The normalized spacial score (nSPS) is 12.0. The summed E-state index contributed by atoms with van der Waals surface area (Å²) in [6.07, 6.45) is -0.927. The molecule has 0 saturated heterocycles. The van der Waals surface area contributed by atoms with E-state index < -0.39 is 16.8 Å². The van der Waals surface area contributed by atoms with Crippen LogP contribution < -0.4 is 4.74 Å². The molecule has 0 amide bonds. The van der Waals surface area contributed by atoms with Gasteiger partial charge < -0.3 is 9.84 Å². The molecule has 0 aliphatic carbocycles. The number of halogens is 2. The second-order valence-electron chi connectivity index (χ2n) is 4.31. The molecule has 0 bridgehead atoms. The van der Waals surface area contributed by atoms with Crippen LogP contribution in [0.2, 0.25) is 5.02 Å². The van der Waals surface area contributed by atoms with Crippen LogP contribution >= 0.6 is 11.6 Å². The van der Waals surface area contributed by atoms with Crippen molar-refractivity contribution < 1.29 is 19.2 Å². The SMILES string of the molecule is C[C@@H](O)c1cccc(F)c1Oc1ccc([N+](=O)[O-])c(Cl)c1. The molecule has 2 rings (SSSR count). The minimum Gasteiger partial charge on any atom is -0.454 e. The van der Waals surface area contributed by atoms with Crippen LogP contribution in [-0.2, 0) is 0 Å². The van der Waals surface area contributed by atoms with Crippen LogP contribution in [0.15, 0.2) is 36.4 Å². The number of nitro groups is 1. The Bertz CT molecular complexity index is 691. The summed E-state index contributed by atoms with van der Waals surface area (Å²) in [4.78, 5) is 10.0. The Hall–Kier alpha value is -2.18. The highest BCUT2D eigenvalue weighted by Crippen LogP contribution is 2.35. The molecule has 0 saturated carbocycles. The zero-order valence-electron chi connectivity index (χ0n) is 10.9. The van der Waals surface area contributed by atoms with Crippen molar-refractivity contribution in [3.05, 3.63) is 62.9 Å². The summed E-state index contributed by atoms with van der Waals surface area (Å²) in [6.45, 7) is 1.48. The van der Waals surface area contributed by atoms with Gasteiger partial charge in [0.05, 0.1) is 11.0 Å². The van der Waals surface area contributed by atoms with E-state index in [2.05, 4.69) is 0 Å². The molecule has 110 valence electrons. The first kappa shape index (κ1) is 15.2. The zero-order chi connectivity index (χ0) is 15.6. The highest BCUT2D eigenvalue weighted by Gasteiger charge is 2.17. The van der Waals surface area contributed by atoms with Crippen LogP contribution in [0.25, 0.3) is 0 Å². The number of ether oxygens (including phenoxy) is 1. The van der Waals surface area contributed by atoms with E-state index in [1.165, 1.54) is 43.3 Å². The molecule has 0 spiro atoms. The predicted molar refractivity (Wildman–Crippen MR) is 75.2 cm³/mol. The van der Waals surface area contributed by atoms with Gasteiger partial charge in [0.2, 0.25) is 0 Å². The number of nitro benzene ring substituents is 1. The molecule has 2 aromatic carbocycles. The third kappa shape index (κ3) is 3.29. The Morgan fingerprint density at radius 3 is 2.67 bits per heavy atom. The summed E-state index contributed by atoms with van der Waals surface area (Å²) >= 11 is 5.77. The highest BCUT2D eigenvalue weighted by atomic mass is 35.5. The van der Waals surface area contributed by atoms with Gasteiger partial charge in [0.15, 0.2) is 11.6 Å². The minimum absolute atomic E-state index is 0.118. The molecule has 0 fully saturated rings. The molecule has 7 heteroatoms. The van der Waals surface area contributed by atoms with Crippen molar-refractivity contribution in [3.63, 3.8) is 0 Å². The summed E-state index contributed by atoms with van der Waals surface area (Å²) in [7, 11) is 0. The summed E-state index contributed by atoms with van der Waals surface area (Å²) in [5, 5.41) is 20.2. The number of rotatable bonds is 4. The van der Waals surface area contributed by atoms with Crippen LogP contribution in [-0.4, -0.2) is 10.0 Å². The van der Waals surface area contributed by atoms with Crippen LogP contribution in [0.1, 0.15) is 18.6 Å². The quantitative estimate of drug-likeness (QED) is 0.677. The monoisotopic (exact) mass is 311 g/mol. The Labute approximate surface area is 124 Å². The number of aliphatic hydroxyl groups is 1. The van der Waals surface area contributed by atoms with Gasteiger partial charge in [-0.05, 0) is 19.1 Å². The van der Waals surface area contributed by atoms with Gasteiger partial charge in [-0.3, -0.25) is 10.1 Å². The van der Waals surface area contributed by atoms with Gasteiger partial charge in [-0.1, -0.05) is 23.7 Å². The zero-order valence-corrected chi connectivity index (χ0v) is 11.7. The number of hydrogen-bond acceptors (Lipinski definition) is 4. The van der Waals surface area contributed by atoms with Crippen molar-refractivity contribution in [1.29, 1.82) is 0 Å². The number of nitrogens with zero attached hydrogens (tertiary/aromatic N) is 1. The van der Waals surface area contributed by atoms with Gasteiger partial charge in [0, 0.05) is 17.7 Å². The Balaban J connectivity index is 2.39. The lowest BCUT2D eigenvalue weighted by Crippen LogP contribution is -1.99. The maximum Gasteiger partial charge on any atom is 0.288 e. The van der Waals surface area contributed by atoms with Crippen molar-refractivity contribution in [2.75, 3.05) is 0 Å². The van der Waals surface area contributed by atoms with E-state index in [1.807, 2.05) is 0 Å². The summed E-state index contributed by atoms with van der Waals surface area (Å²) in [5.41, 5.74) is -0.00206. The second kappa shape index (κ2) is 6.07. The third-order valence-electron chi connectivity index (χ3n) is 2.78. The first-order valence-corrected chi connectivity index (χ1v) is 6.36. The lowest BCUT2D eigenvalue weighted by atomic mass is 10.1. The van der Waals surface area contributed by atoms with Crippen LogP contribution in [0, 0.1) is 15.9 Å². The molecule has 0 aliphatic rings. The van der Waals surface area contributed by atoms with Crippen molar-refractivity contribution in [3.8, 4) is 11.5 Å². The molecule has 0 aromatic heterocycles. The minimum atomic E-state index is -0.927. The Morgan fingerprint density at radius 2 is 2.10 bits per heavy atom. The van der Waals surface area contributed by atoms with Gasteiger partial charge in [0.25, 0.3) is 5.69 Å². The summed E-state index contributed by atoms with van der Waals surface area (Å²) in [6, 6.07) is 7.86. The summed E-state index contributed by atoms with van der Waals surface area (Å²) < 4.78 is 19.2. The van der Waals surface area contributed by atoms with E-state index in [1.54, 1.807) is 0 Å². The molecule has 2 aromatic rings. The topological polar surface area (TPSA) is 72.6 Å². The lowest BCUT2D eigenvalue weighted by molar-refractivity contribution is -0.384. The van der Waals surface area contributed by atoms with Gasteiger partial charge in [-0.25, -0.2) is 4.39 Å². The largest absolute Gasteiger partial charge is 0.454 e. The smallest absolute Gasteiger partial charge is 0.288 e. The number of hydrogen-bond donors (Lipinski definition) is 1. The average molecular weight is 312 g/mol. The van der Waals surface area contributed by atoms with Crippen LogP contribution in [0.5, 0.6) is 11.5 Å². The number of para-hydroxylation sites is 1. The van der Waals surface area contributed by atoms with E-state index in [4.69, 9.17) is 16.3 Å². The molecule has 0 radical (unpaired) electrons. The number of aliphatic hydroxyl groups excluding tert-OH is 1. The van der Waals surface area contributed by atoms with E-state index in [0.29, 0.717) is 0 Å². The van der Waals surface area contributed by atoms with Crippen molar-refractivity contribution in [2.45, 2.75) is 13.0 Å². The fourth-order valence-corrected chi connectivity index (χ4v) is 2.02. The molecular formula is C14H11ClFNO4. The Morgan fingerprint density at radius 1 is 1.38 bits per heavy atom. The maximum atomic E-state index is 13.8.